The monoisotopic (exact) mass is 289 g/mol. The summed E-state index contributed by atoms with van der Waals surface area (Å²) in [6, 6.07) is 17.5. The van der Waals surface area contributed by atoms with Gasteiger partial charge in [-0.3, -0.25) is 9.05 Å². The van der Waals surface area contributed by atoms with Gasteiger partial charge in [-0.1, -0.05) is 54.6 Å². The summed E-state index contributed by atoms with van der Waals surface area (Å²) in [5.41, 5.74) is 3.10. The number of fused-ring (bicyclic) bond motifs is 1. The van der Waals surface area contributed by atoms with Crippen molar-refractivity contribution >= 4 is 7.75 Å². The van der Waals surface area contributed by atoms with Gasteiger partial charge in [-0.25, -0.2) is 9.65 Å². The van der Waals surface area contributed by atoms with Crippen LogP contribution in [0.2, 0.25) is 0 Å². The lowest BCUT2D eigenvalue weighted by atomic mass is 10.1. The first-order valence-electron chi connectivity index (χ1n) is 6.50. The zero-order valence-electron chi connectivity index (χ0n) is 11.0. The van der Waals surface area contributed by atoms with Crippen LogP contribution in [0, 0.1) is 0 Å². The minimum absolute atomic E-state index is 0.265. The Morgan fingerprint density at radius 1 is 1.05 bits per heavy atom. The van der Waals surface area contributed by atoms with Crippen molar-refractivity contribution in [2.45, 2.75) is 19.8 Å². The van der Waals surface area contributed by atoms with E-state index in [9.17, 15) is 4.57 Å². The maximum absolute atomic E-state index is 12.5. The van der Waals surface area contributed by atoms with Crippen LogP contribution in [0.3, 0.4) is 0 Å². The highest BCUT2D eigenvalue weighted by Crippen LogP contribution is 2.47. The fourth-order valence-electron chi connectivity index (χ4n) is 2.07. The Morgan fingerprint density at radius 3 is 2.55 bits per heavy atom. The molecule has 0 fully saturated rings. The van der Waals surface area contributed by atoms with Crippen LogP contribution in [0.4, 0.5) is 0 Å². The Morgan fingerprint density at radius 2 is 1.75 bits per heavy atom. The zero-order chi connectivity index (χ0) is 13.8. The highest BCUT2D eigenvalue weighted by molar-refractivity contribution is 7.51. The van der Waals surface area contributed by atoms with Gasteiger partial charge < -0.3 is 0 Å². The Labute approximate surface area is 118 Å². The molecule has 0 bridgehead atoms. The molecule has 0 amide bonds. The molecule has 0 saturated heterocycles. The van der Waals surface area contributed by atoms with E-state index in [1.54, 1.807) is 0 Å². The third-order valence-electron chi connectivity index (χ3n) is 3.22. The summed E-state index contributed by atoms with van der Waals surface area (Å²) < 4.78 is 23.5. The number of benzene rings is 2. The minimum atomic E-state index is -3.26. The maximum atomic E-state index is 12.5. The molecule has 20 heavy (non-hydrogen) atoms. The summed E-state index contributed by atoms with van der Waals surface area (Å²) in [5.74, 6) is 0. The molecular weight excluding hydrogens is 273 g/mol. The first kappa shape index (κ1) is 13.5. The lowest BCUT2D eigenvalue weighted by Gasteiger charge is -2.16. The predicted molar refractivity (Wildman–Crippen MR) is 76.9 cm³/mol. The van der Waals surface area contributed by atoms with Crippen LogP contribution in [0.1, 0.15) is 16.7 Å². The van der Waals surface area contributed by atoms with Crippen molar-refractivity contribution in [3.8, 4) is 0 Å². The van der Waals surface area contributed by atoms with Gasteiger partial charge in [0.2, 0.25) is 0 Å². The molecule has 0 saturated carbocycles. The third-order valence-corrected chi connectivity index (χ3v) is 4.70. The fraction of sp³-hybridized carbons (Fsp3) is 0.200. The smallest absolute Gasteiger partial charge is 0.292 e. The molecule has 1 atom stereocenters. The van der Waals surface area contributed by atoms with Crippen LogP contribution in [0.5, 0.6) is 0 Å². The summed E-state index contributed by atoms with van der Waals surface area (Å²) >= 11 is 0. The topological polar surface area (TPSA) is 47.6 Å². The van der Waals surface area contributed by atoms with Crippen LogP contribution in [0.25, 0.3) is 0 Å². The number of rotatable bonds is 3. The van der Waals surface area contributed by atoms with Gasteiger partial charge in [0.1, 0.15) is 0 Å². The summed E-state index contributed by atoms with van der Waals surface area (Å²) in [4.78, 5) is 0. The van der Waals surface area contributed by atoms with E-state index in [1.165, 1.54) is 0 Å². The maximum Gasteiger partial charge on any atom is 0.406 e. The molecular formula is C15H16NO3P. The van der Waals surface area contributed by atoms with Crippen molar-refractivity contribution in [2.75, 3.05) is 0 Å². The van der Waals surface area contributed by atoms with E-state index in [4.69, 9.17) is 9.05 Å². The summed E-state index contributed by atoms with van der Waals surface area (Å²) in [6.07, 6.45) is 0. The SMILES string of the molecule is O=P1(OCc2ccccc2)NCc2ccccc2CO1. The van der Waals surface area contributed by atoms with Crippen molar-refractivity contribution < 1.29 is 13.6 Å². The Bertz CT molecular complexity index is 599. The van der Waals surface area contributed by atoms with Gasteiger partial charge >= 0.3 is 7.75 Å². The molecule has 1 heterocycles. The van der Waals surface area contributed by atoms with Crippen molar-refractivity contribution in [1.82, 2.24) is 5.09 Å². The molecule has 1 unspecified atom stereocenters. The van der Waals surface area contributed by atoms with Gasteiger partial charge in [0, 0.05) is 6.54 Å². The highest BCUT2D eigenvalue weighted by Gasteiger charge is 2.27. The van der Waals surface area contributed by atoms with Gasteiger partial charge in [0.05, 0.1) is 13.2 Å². The Kier molecular flexibility index (Phi) is 3.99. The quantitative estimate of drug-likeness (QED) is 0.876. The van der Waals surface area contributed by atoms with Crippen LogP contribution in [-0.2, 0) is 33.4 Å². The van der Waals surface area contributed by atoms with Gasteiger partial charge in [-0.15, -0.1) is 0 Å². The molecule has 2 aromatic rings. The van der Waals surface area contributed by atoms with Crippen LogP contribution in [0.15, 0.2) is 54.6 Å². The molecule has 1 N–H and O–H groups in total. The zero-order valence-corrected chi connectivity index (χ0v) is 11.9. The molecule has 1 aliphatic heterocycles. The fourth-order valence-corrected chi connectivity index (χ4v) is 3.32. The van der Waals surface area contributed by atoms with Crippen molar-refractivity contribution in [3.05, 3.63) is 71.3 Å². The van der Waals surface area contributed by atoms with E-state index in [2.05, 4.69) is 5.09 Å². The average molecular weight is 289 g/mol. The molecule has 0 radical (unpaired) electrons. The van der Waals surface area contributed by atoms with Crippen molar-refractivity contribution in [1.29, 1.82) is 0 Å². The number of hydrogen-bond acceptors (Lipinski definition) is 3. The lowest BCUT2D eigenvalue weighted by Crippen LogP contribution is -2.11. The van der Waals surface area contributed by atoms with E-state index >= 15 is 0 Å². The van der Waals surface area contributed by atoms with Crippen LogP contribution in [-0.4, -0.2) is 0 Å². The predicted octanol–water partition coefficient (Wildman–Crippen LogP) is 3.63. The second-order valence-corrected chi connectivity index (χ2v) is 6.46. The van der Waals surface area contributed by atoms with Gasteiger partial charge in [0.25, 0.3) is 0 Å². The van der Waals surface area contributed by atoms with Gasteiger partial charge in [-0.2, -0.15) is 0 Å². The van der Waals surface area contributed by atoms with Gasteiger partial charge in [0.15, 0.2) is 0 Å². The van der Waals surface area contributed by atoms with Crippen LogP contribution >= 0.6 is 7.75 Å². The second-order valence-electron chi connectivity index (χ2n) is 4.63. The first-order valence-corrected chi connectivity index (χ1v) is 8.04. The number of nitrogens with one attached hydrogen (secondary N) is 1. The largest absolute Gasteiger partial charge is 0.406 e. The van der Waals surface area contributed by atoms with Crippen LogP contribution < -0.4 is 5.09 Å². The molecule has 104 valence electrons. The standard InChI is InChI=1S/C15H16NO3P/c17-20(18-11-13-6-2-1-3-7-13)16-10-14-8-4-5-9-15(14)12-19-20/h1-9H,10-12H2,(H,16,17). The van der Waals surface area contributed by atoms with E-state index in [1.807, 2.05) is 54.6 Å². The molecule has 1 aliphatic rings. The van der Waals surface area contributed by atoms with E-state index in [0.29, 0.717) is 13.2 Å². The van der Waals surface area contributed by atoms with E-state index in [-0.39, 0.29) is 6.61 Å². The molecule has 4 nitrogen and oxygen atoms in total. The molecule has 0 spiro atoms. The minimum Gasteiger partial charge on any atom is -0.292 e. The Hall–Kier alpha value is -1.45. The molecule has 2 aromatic carbocycles. The summed E-state index contributed by atoms with van der Waals surface area (Å²) in [6.45, 7) is 1.05. The summed E-state index contributed by atoms with van der Waals surface area (Å²) in [5, 5.41) is 2.90. The second kappa shape index (κ2) is 5.90. The normalized spacial score (nSPS) is 22.0. The lowest BCUT2D eigenvalue weighted by molar-refractivity contribution is 0.186. The Balaban J connectivity index is 1.67. The van der Waals surface area contributed by atoms with E-state index in [0.717, 1.165) is 16.7 Å². The molecule has 0 aliphatic carbocycles. The summed E-state index contributed by atoms with van der Waals surface area (Å²) in [7, 11) is -3.26. The molecule has 3 rings (SSSR count). The molecule has 0 aromatic heterocycles. The molecule has 5 heteroatoms. The average Bonchev–Trinajstić information content (AvgIpc) is 2.67. The van der Waals surface area contributed by atoms with Crippen molar-refractivity contribution in [2.24, 2.45) is 0 Å². The van der Waals surface area contributed by atoms with Crippen molar-refractivity contribution in [3.63, 3.8) is 0 Å². The van der Waals surface area contributed by atoms with Gasteiger partial charge in [-0.05, 0) is 16.7 Å². The number of hydrogen-bond donors (Lipinski definition) is 1. The van der Waals surface area contributed by atoms with E-state index < -0.39 is 7.75 Å². The first-order chi connectivity index (χ1) is 9.75. The third kappa shape index (κ3) is 3.17. The highest BCUT2D eigenvalue weighted by atomic mass is 31.2.